The number of halogens is 3. The van der Waals surface area contributed by atoms with E-state index in [-0.39, 0.29) is 17.0 Å². The van der Waals surface area contributed by atoms with Gasteiger partial charge in [0.15, 0.2) is 11.3 Å². The predicted molar refractivity (Wildman–Crippen MR) is 74.7 cm³/mol. The highest BCUT2D eigenvalue weighted by Crippen LogP contribution is 2.32. The van der Waals surface area contributed by atoms with Gasteiger partial charge in [0.2, 0.25) is 0 Å². The van der Waals surface area contributed by atoms with E-state index in [1.807, 2.05) is 0 Å². The van der Waals surface area contributed by atoms with E-state index < -0.39 is 23.2 Å². The number of aromatic nitrogens is 3. The lowest BCUT2D eigenvalue weighted by Gasteiger charge is -2.19. The number of fused-ring (bicyclic) bond motifs is 1. The third-order valence-corrected chi connectivity index (χ3v) is 3.06. The van der Waals surface area contributed by atoms with E-state index in [0.29, 0.717) is 11.1 Å². The lowest BCUT2D eigenvalue weighted by molar-refractivity contribution is -0.142. The molecule has 2 aromatic heterocycles. The summed E-state index contributed by atoms with van der Waals surface area (Å²) in [4.78, 5) is 16.0. The minimum absolute atomic E-state index is 0.000929. The lowest BCUT2D eigenvalue weighted by Crippen LogP contribution is -2.23. The van der Waals surface area contributed by atoms with E-state index in [0.717, 1.165) is 6.07 Å². The van der Waals surface area contributed by atoms with Gasteiger partial charge in [-0.1, -0.05) is 20.8 Å². The van der Waals surface area contributed by atoms with Gasteiger partial charge in [-0.05, 0) is 13.0 Å². The van der Waals surface area contributed by atoms with Crippen LogP contribution in [0.1, 0.15) is 49.6 Å². The molecule has 0 bridgehead atoms. The molecule has 22 heavy (non-hydrogen) atoms. The van der Waals surface area contributed by atoms with Crippen LogP contribution < -0.4 is 5.32 Å². The Hall–Kier alpha value is -2.12. The van der Waals surface area contributed by atoms with Crippen LogP contribution in [-0.2, 0) is 11.6 Å². The maximum atomic E-state index is 13.3. The summed E-state index contributed by atoms with van der Waals surface area (Å²) in [7, 11) is 0. The van der Waals surface area contributed by atoms with Gasteiger partial charge in [-0.15, -0.1) is 0 Å². The molecular weight excluding hydrogens is 297 g/mol. The molecular formula is C14H17F3N4O. The molecule has 0 atom stereocenters. The number of amides is 1. The standard InChI is InChI=1S/C14H17F3N4O/c1-5-18-12(22)8-6-11-19-9(13(2,3)4)7-10(14(15,16)17)21(11)20-8/h6-7H,5H2,1-4H3,(H,18,22). The van der Waals surface area contributed by atoms with Gasteiger partial charge in [-0.25, -0.2) is 9.50 Å². The van der Waals surface area contributed by atoms with Crippen molar-refractivity contribution in [3.8, 4) is 0 Å². The number of hydrogen-bond donors (Lipinski definition) is 1. The van der Waals surface area contributed by atoms with Crippen LogP contribution in [0.3, 0.4) is 0 Å². The van der Waals surface area contributed by atoms with Gasteiger partial charge in [-0.3, -0.25) is 4.79 Å². The van der Waals surface area contributed by atoms with Crippen molar-refractivity contribution in [3.63, 3.8) is 0 Å². The quantitative estimate of drug-likeness (QED) is 0.927. The zero-order valence-electron chi connectivity index (χ0n) is 12.7. The fourth-order valence-electron chi connectivity index (χ4n) is 1.92. The van der Waals surface area contributed by atoms with Crippen molar-refractivity contribution < 1.29 is 18.0 Å². The van der Waals surface area contributed by atoms with Gasteiger partial charge in [-0.2, -0.15) is 18.3 Å². The van der Waals surface area contributed by atoms with Crippen molar-refractivity contribution in [3.05, 3.63) is 29.2 Å². The van der Waals surface area contributed by atoms with E-state index in [2.05, 4.69) is 15.4 Å². The molecule has 1 N–H and O–H groups in total. The number of alkyl halides is 3. The second kappa shape index (κ2) is 5.26. The van der Waals surface area contributed by atoms with Crippen LogP contribution in [0.4, 0.5) is 13.2 Å². The molecule has 8 heteroatoms. The highest BCUT2D eigenvalue weighted by molar-refractivity contribution is 5.93. The summed E-state index contributed by atoms with van der Waals surface area (Å²) in [6, 6.07) is 2.23. The van der Waals surface area contributed by atoms with Crippen LogP contribution in [0.15, 0.2) is 12.1 Å². The zero-order chi connectivity index (χ0) is 16.7. The Morgan fingerprint density at radius 1 is 1.27 bits per heavy atom. The van der Waals surface area contributed by atoms with Crippen LogP contribution in [0, 0.1) is 0 Å². The zero-order valence-corrected chi connectivity index (χ0v) is 12.7. The van der Waals surface area contributed by atoms with Crippen molar-refractivity contribution in [2.45, 2.75) is 39.3 Å². The Morgan fingerprint density at radius 2 is 1.91 bits per heavy atom. The van der Waals surface area contributed by atoms with E-state index in [1.54, 1.807) is 27.7 Å². The highest BCUT2D eigenvalue weighted by atomic mass is 19.4. The van der Waals surface area contributed by atoms with Gasteiger partial charge in [0.1, 0.15) is 5.69 Å². The second-order valence-electron chi connectivity index (χ2n) is 5.93. The molecule has 0 spiro atoms. The molecule has 0 radical (unpaired) electrons. The van der Waals surface area contributed by atoms with E-state index in [9.17, 15) is 18.0 Å². The van der Waals surface area contributed by atoms with Crippen molar-refractivity contribution in [1.29, 1.82) is 0 Å². The minimum Gasteiger partial charge on any atom is -0.351 e. The molecule has 0 aliphatic heterocycles. The largest absolute Gasteiger partial charge is 0.433 e. The number of nitrogens with one attached hydrogen (secondary N) is 1. The molecule has 2 rings (SSSR count). The number of nitrogens with zero attached hydrogens (tertiary/aromatic N) is 3. The predicted octanol–water partition coefficient (Wildman–Crippen LogP) is 2.80. The smallest absolute Gasteiger partial charge is 0.351 e. The Kier molecular flexibility index (Phi) is 3.88. The molecule has 120 valence electrons. The van der Waals surface area contributed by atoms with Gasteiger partial charge in [0, 0.05) is 18.0 Å². The lowest BCUT2D eigenvalue weighted by atomic mass is 9.91. The number of carbonyl (C=O) groups excluding carboxylic acids is 1. The normalized spacial score (nSPS) is 12.7. The Balaban J connectivity index is 2.70. The summed E-state index contributed by atoms with van der Waals surface area (Å²) in [6.07, 6.45) is -4.59. The molecule has 0 unspecified atom stereocenters. The monoisotopic (exact) mass is 314 g/mol. The molecule has 0 saturated carbocycles. The third kappa shape index (κ3) is 3.05. The highest BCUT2D eigenvalue weighted by Gasteiger charge is 2.36. The molecule has 1 amide bonds. The summed E-state index contributed by atoms with van der Waals surface area (Å²) in [5, 5.41) is 6.24. The van der Waals surface area contributed by atoms with Crippen molar-refractivity contribution >= 4 is 11.6 Å². The maximum Gasteiger partial charge on any atom is 0.433 e. The van der Waals surface area contributed by atoms with Gasteiger partial charge < -0.3 is 5.32 Å². The first kappa shape index (κ1) is 16.3. The number of carbonyl (C=O) groups is 1. The molecule has 0 saturated heterocycles. The topological polar surface area (TPSA) is 59.3 Å². The molecule has 2 heterocycles. The van der Waals surface area contributed by atoms with E-state index in [4.69, 9.17) is 0 Å². The van der Waals surface area contributed by atoms with Crippen LogP contribution in [0.2, 0.25) is 0 Å². The summed E-state index contributed by atoms with van der Waals surface area (Å²) < 4.78 is 40.4. The summed E-state index contributed by atoms with van der Waals surface area (Å²) in [5.41, 5.74) is -1.31. The van der Waals surface area contributed by atoms with Gasteiger partial charge in [0.25, 0.3) is 5.91 Å². The van der Waals surface area contributed by atoms with Gasteiger partial charge >= 0.3 is 6.18 Å². The third-order valence-electron chi connectivity index (χ3n) is 3.06. The summed E-state index contributed by atoms with van der Waals surface area (Å²) in [6.45, 7) is 7.39. The summed E-state index contributed by atoms with van der Waals surface area (Å²) >= 11 is 0. The van der Waals surface area contributed by atoms with Gasteiger partial charge in [0.05, 0.1) is 5.69 Å². The van der Waals surface area contributed by atoms with Crippen LogP contribution >= 0.6 is 0 Å². The second-order valence-corrected chi connectivity index (χ2v) is 5.93. The average Bonchev–Trinajstić information content (AvgIpc) is 2.79. The Morgan fingerprint density at radius 3 is 2.41 bits per heavy atom. The Bertz CT molecular complexity index is 713. The van der Waals surface area contributed by atoms with Crippen LogP contribution in [0.5, 0.6) is 0 Å². The molecule has 2 aromatic rings. The Labute approximate surface area is 125 Å². The molecule has 0 fully saturated rings. The van der Waals surface area contributed by atoms with Crippen LogP contribution in [0.25, 0.3) is 5.65 Å². The first-order valence-corrected chi connectivity index (χ1v) is 6.80. The van der Waals surface area contributed by atoms with Crippen molar-refractivity contribution in [2.24, 2.45) is 0 Å². The first-order chi connectivity index (χ1) is 10.0. The van der Waals surface area contributed by atoms with Crippen molar-refractivity contribution in [1.82, 2.24) is 19.9 Å². The maximum absolute atomic E-state index is 13.3. The first-order valence-electron chi connectivity index (χ1n) is 6.80. The minimum atomic E-state index is -4.59. The van der Waals surface area contributed by atoms with E-state index in [1.165, 1.54) is 6.07 Å². The van der Waals surface area contributed by atoms with Crippen molar-refractivity contribution in [2.75, 3.05) is 6.54 Å². The molecule has 0 aromatic carbocycles. The van der Waals surface area contributed by atoms with Crippen LogP contribution in [-0.4, -0.2) is 27.0 Å². The fourth-order valence-corrected chi connectivity index (χ4v) is 1.92. The van der Waals surface area contributed by atoms with E-state index >= 15 is 0 Å². The average molecular weight is 314 g/mol. The number of rotatable bonds is 2. The SMILES string of the molecule is CCNC(=O)c1cc2nc(C(C)(C)C)cc(C(F)(F)F)n2n1. The fraction of sp³-hybridized carbons (Fsp3) is 0.500. The molecule has 0 aliphatic rings. The molecule has 0 aliphatic carbocycles. The summed E-state index contributed by atoms with van der Waals surface area (Å²) in [5.74, 6) is -0.529. The number of hydrogen-bond acceptors (Lipinski definition) is 3. The molecule has 5 nitrogen and oxygen atoms in total.